The minimum atomic E-state index is -0.266. The molecule has 1 saturated heterocycles. The van der Waals surface area contributed by atoms with Gasteiger partial charge in [-0.25, -0.2) is 0 Å². The fourth-order valence-electron chi connectivity index (χ4n) is 3.66. The summed E-state index contributed by atoms with van der Waals surface area (Å²) in [7, 11) is 1.59. The maximum atomic E-state index is 13.0. The van der Waals surface area contributed by atoms with Crippen LogP contribution < -0.4 is 10.1 Å². The minimum Gasteiger partial charge on any atom is -0.495 e. The lowest BCUT2D eigenvalue weighted by molar-refractivity contribution is -0.121. The third-order valence-electron chi connectivity index (χ3n) is 5.49. The molecule has 3 rings (SSSR count). The summed E-state index contributed by atoms with van der Waals surface area (Å²) in [6, 6.07) is 12.7. The molecule has 1 aliphatic heterocycles. The van der Waals surface area contributed by atoms with Crippen molar-refractivity contribution in [2.45, 2.75) is 39.0 Å². The molecule has 2 aromatic rings. The summed E-state index contributed by atoms with van der Waals surface area (Å²) in [5.41, 5.74) is 2.32. The lowest BCUT2D eigenvalue weighted by Crippen LogP contribution is -2.43. The number of anilines is 1. The van der Waals surface area contributed by atoms with E-state index in [-0.39, 0.29) is 23.1 Å². The zero-order valence-corrected chi connectivity index (χ0v) is 18.8. The molecule has 5 nitrogen and oxygen atoms in total. The number of piperidine rings is 1. The number of carbonyl (C=O) groups is 2. The molecule has 2 aromatic carbocycles. The van der Waals surface area contributed by atoms with E-state index in [1.165, 1.54) is 0 Å². The van der Waals surface area contributed by atoms with Crippen LogP contribution in [0.3, 0.4) is 0 Å². The van der Waals surface area contributed by atoms with Gasteiger partial charge in [0.1, 0.15) is 5.75 Å². The molecular formula is C24H29ClN2O3. The number of benzene rings is 2. The molecule has 0 aromatic heterocycles. The molecule has 0 bridgehead atoms. The second-order valence-electron chi connectivity index (χ2n) is 8.75. The monoisotopic (exact) mass is 428 g/mol. The molecule has 1 fully saturated rings. The van der Waals surface area contributed by atoms with Gasteiger partial charge in [-0.15, -0.1) is 0 Å². The molecule has 0 saturated carbocycles. The van der Waals surface area contributed by atoms with Crippen molar-refractivity contribution in [3.05, 3.63) is 58.6 Å². The van der Waals surface area contributed by atoms with Gasteiger partial charge in [-0.1, -0.05) is 38.4 Å². The number of amides is 2. The molecule has 0 spiro atoms. The van der Waals surface area contributed by atoms with Crippen molar-refractivity contribution in [3.63, 3.8) is 0 Å². The first-order valence-corrected chi connectivity index (χ1v) is 10.6. The summed E-state index contributed by atoms with van der Waals surface area (Å²) in [6.45, 7) is 7.42. The first-order valence-electron chi connectivity index (χ1n) is 10.2. The lowest BCUT2D eigenvalue weighted by Gasteiger charge is -2.32. The highest BCUT2D eigenvalue weighted by Crippen LogP contribution is 2.32. The van der Waals surface area contributed by atoms with Crippen LogP contribution in [0.15, 0.2) is 42.5 Å². The van der Waals surface area contributed by atoms with Gasteiger partial charge >= 0.3 is 0 Å². The predicted octanol–water partition coefficient (Wildman–Crippen LogP) is 5.14. The zero-order chi connectivity index (χ0) is 21.9. The van der Waals surface area contributed by atoms with Crippen LogP contribution >= 0.6 is 11.6 Å². The van der Waals surface area contributed by atoms with E-state index in [2.05, 4.69) is 26.1 Å². The van der Waals surface area contributed by atoms with Crippen LogP contribution in [0.25, 0.3) is 0 Å². The Morgan fingerprint density at radius 3 is 2.47 bits per heavy atom. The second-order valence-corrected chi connectivity index (χ2v) is 9.19. The maximum Gasteiger partial charge on any atom is 0.253 e. The average molecular weight is 429 g/mol. The third-order valence-corrected chi connectivity index (χ3v) is 5.75. The molecule has 1 heterocycles. The Morgan fingerprint density at radius 1 is 1.13 bits per heavy atom. The van der Waals surface area contributed by atoms with Gasteiger partial charge in [0.15, 0.2) is 0 Å². The summed E-state index contributed by atoms with van der Waals surface area (Å²) >= 11 is 5.92. The van der Waals surface area contributed by atoms with Gasteiger partial charge < -0.3 is 15.0 Å². The average Bonchev–Trinajstić information content (AvgIpc) is 2.73. The quantitative estimate of drug-likeness (QED) is 0.733. The normalized spacial score (nSPS) is 16.8. The van der Waals surface area contributed by atoms with Crippen molar-refractivity contribution >= 4 is 29.1 Å². The van der Waals surface area contributed by atoms with Crippen LogP contribution in [0, 0.1) is 5.92 Å². The molecule has 2 amide bonds. The first kappa shape index (κ1) is 22.2. The van der Waals surface area contributed by atoms with Crippen LogP contribution in [0.4, 0.5) is 5.69 Å². The van der Waals surface area contributed by atoms with Crippen molar-refractivity contribution in [1.82, 2.24) is 4.90 Å². The number of nitrogens with zero attached hydrogens (tertiary/aromatic N) is 1. The standard InChI is InChI=1S/C24H29ClN2O3/c1-24(2,3)18-9-12-21(30-4)20(14-18)26-22(28)17-6-5-13-27(15-17)23(29)16-7-10-19(25)11-8-16/h7-12,14,17H,5-6,13,15H2,1-4H3,(H,26,28)/t17-/m0/s1. The van der Waals surface area contributed by atoms with E-state index in [0.29, 0.717) is 35.1 Å². The largest absolute Gasteiger partial charge is 0.495 e. The smallest absolute Gasteiger partial charge is 0.253 e. The van der Waals surface area contributed by atoms with Crippen molar-refractivity contribution in [1.29, 1.82) is 0 Å². The number of ether oxygens (including phenoxy) is 1. The van der Waals surface area contributed by atoms with Crippen LogP contribution in [-0.2, 0) is 10.2 Å². The molecule has 0 unspecified atom stereocenters. The van der Waals surface area contributed by atoms with Crippen LogP contribution in [0.2, 0.25) is 5.02 Å². The number of likely N-dealkylation sites (tertiary alicyclic amines) is 1. The van der Waals surface area contributed by atoms with E-state index >= 15 is 0 Å². The van der Waals surface area contributed by atoms with E-state index < -0.39 is 0 Å². The first-order chi connectivity index (χ1) is 14.2. The lowest BCUT2D eigenvalue weighted by atomic mass is 9.86. The van der Waals surface area contributed by atoms with Crippen molar-refractivity contribution < 1.29 is 14.3 Å². The van der Waals surface area contributed by atoms with Gasteiger partial charge in [0.2, 0.25) is 5.91 Å². The van der Waals surface area contributed by atoms with Gasteiger partial charge in [0.05, 0.1) is 18.7 Å². The fourth-order valence-corrected chi connectivity index (χ4v) is 3.78. The summed E-state index contributed by atoms with van der Waals surface area (Å²) in [5.74, 6) is 0.198. The van der Waals surface area contributed by atoms with E-state index in [4.69, 9.17) is 16.3 Å². The Labute approximate surface area is 183 Å². The molecule has 0 radical (unpaired) electrons. The van der Waals surface area contributed by atoms with Crippen LogP contribution in [0.5, 0.6) is 5.75 Å². The minimum absolute atomic E-state index is 0.0433. The molecule has 1 atom stereocenters. The summed E-state index contributed by atoms with van der Waals surface area (Å²) in [5, 5.41) is 3.62. The van der Waals surface area contributed by atoms with Gasteiger partial charge in [-0.2, -0.15) is 0 Å². The van der Waals surface area contributed by atoms with Gasteiger partial charge in [-0.3, -0.25) is 9.59 Å². The van der Waals surface area contributed by atoms with Crippen LogP contribution in [0.1, 0.15) is 49.5 Å². The number of rotatable bonds is 4. The zero-order valence-electron chi connectivity index (χ0n) is 18.0. The predicted molar refractivity (Wildman–Crippen MR) is 120 cm³/mol. The number of hydrogen-bond donors (Lipinski definition) is 1. The summed E-state index contributed by atoms with van der Waals surface area (Å²) in [6.07, 6.45) is 1.54. The van der Waals surface area contributed by atoms with E-state index in [1.807, 2.05) is 18.2 Å². The van der Waals surface area contributed by atoms with E-state index in [1.54, 1.807) is 36.3 Å². The summed E-state index contributed by atoms with van der Waals surface area (Å²) in [4.78, 5) is 27.6. The molecule has 0 aliphatic carbocycles. The topological polar surface area (TPSA) is 58.6 Å². The molecular weight excluding hydrogens is 400 g/mol. The Bertz CT molecular complexity index is 919. The molecule has 30 heavy (non-hydrogen) atoms. The van der Waals surface area contributed by atoms with Gasteiger partial charge in [-0.05, 0) is 60.2 Å². The van der Waals surface area contributed by atoms with Gasteiger partial charge in [0.25, 0.3) is 5.91 Å². The fraction of sp³-hybridized carbons (Fsp3) is 0.417. The van der Waals surface area contributed by atoms with Crippen molar-refractivity contribution in [2.24, 2.45) is 5.92 Å². The molecule has 160 valence electrons. The maximum absolute atomic E-state index is 13.0. The third kappa shape index (κ3) is 5.14. The number of hydrogen-bond acceptors (Lipinski definition) is 3. The highest BCUT2D eigenvalue weighted by Gasteiger charge is 2.29. The Balaban J connectivity index is 1.72. The highest BCUT2D eigenvalue weighted by molar-refractivity contribution is 6.30. The molecule has 1 aliphatic rings. The second kappa shape index (κ2) is 9.09. The molecule has 1 N–H and O–H groups in total. The summed E-state index contributed by atoms with van der Waals surface area (Å²) < 4.78 is 5.44. The van der Waals surface area contributed by atoms with E-state index in [0.717, 1.165) is 18.4 Å². The SMILES string of the molecule is COc1ccc(C(C)(C)C)cc1NC(=O)[C@H]1CCCN(C(=O)c2ccc(Cl)cc2)C1. The van der Waals surface area contributed by atoms with E-state index in [9.17, 15) is 9.59 Å². The number of halogens is 1. The number of methoxy groups -OCH3 is 1. The van der Waals surface area contributed by atoms with Gasteiger partial charge in [0, 0.05) is 23.7 Å². The highest BCUT2D eigenvalue weighted by atomic mass is 35.5. The van der Waals surface area contributed by atoms with Crippen molar-refractivity contribution in [2.75, 3.05) is 25.5 Å². The Morgan fingerprint density at radius 2 is 1.83 bits per heavy atom. The Hall–Kier alpha value is -2.53. The number of nitrogens with one attached hydrogen (secondary N) is 1. The van der Waals surface area contributed by atoms with Crippen molar-refractivity contribution in [3.8, 4) is 5.75 Å². The van der Waals surface area contributed by atoms with Crippen LogP contribution in [-0.4, -0.2) is 36.9 Å². The number of carbonyl (C=O) groups excluding carboxylic acids is 2. The Kier molecular flexibility index (Phi) is 6.71. The molecule has 6 heteroatoms.